The van der Waals surface area contributed by atoms with Gasteiger partial charge in [-0.15, -0.1) is 0 Å². The van der Waals surface area contributed by atoms with E-state index in [-0.39, 0.29) is 5.78 Å². The standard InChI is InChI=1S/C10H8INO/c1-6-3-4-9(11)10(7(2)13)8(6)5-12/h3-4H,1-2H3. The number of hydrogen-bond acceptors (Lipinski definition) is 2. The maximum atomic E-state index is 11.2. The molecule has 0 aliphatic heterocycles. The lowest BCUT2D eigenvalue weighted by atomic mass is 10.0. The minimum Gasteiger partial charge on any atom is -0.294 e. The second-order valence-corrected chi connectivity index (χ2v) is 3.94. The summed E-state index contributed by atoms with van der Waals surface area (Å²) in [6, 6.07) is 5.77. The molecule has 1 aromatic carbocycles. The van der Waals surface area contributed by atoms with Crippen molar-refractivity contribution in [3.05, 3.63) is 32.4 Å². The molecule has 0 bridgehead atoms. The Morgan fingerprint density at radius 3 is 2.54 bits per heavy atom. The molecule has 2 nitrogen and oxygen atoms in total. The molecule has 0 spiro atoms. The highest BCUT2D eigenvalue weighted by atomic mass is 127. The highest BCUT2D eigenvalue weighted by Crippen LogP contribution is 2.20. The molecule has 1 rings (SSSR count). The molecule has 0 heterocycles. The summed E-state index contributed by atoms with van der Waals surface area (Å²) < 4.78 is 0.840. The lowest BCUT2D eigenvalue weighted by molar-refractivity contribution is 0.101. The van der Waals surface area contributed by atoms with E-state index in [4.69, 9.17) is 5.26 Å². The van der Waals surface area contributed by atoms with Crippen molar-refractivity contribution in [2.45, 2.75) is 13.8 Å². The van der Waals surface area contributed by atoms with Gasteiger partial charge in [-0.25, -0.2) is 0 Å². The monoisotopic (exact) mass is 285 g/mol. The SMILES string of the molecule is CC(=O)c1c(I)ccc(C)c1C#N. The second-order valence-electron chi connectivity index (χ2n) is 2.78. The Morgan fingerprint density at radius 2 is 2.15 bits per heavy atom. The number of hydrogen-bond donors (Lipinski definition) is 0. The number of aryl methyl sites for hydroxylation is 1. The first-order chi connectivity index (χ1) is 6.07. The molecule has 0 aromatic heterocycles. The molecule has 0 saturated heterocycles. The summed E-state index contributed by atoms with van der Waals surface area (Å²) in [6.45, 7) is 3.32. The molecule has 0 radical (unpaired) electrons. The van der Waals surface area contributed by atoms with Crippen LogP contribution in [0.1, 0.15) is 28.4 Å². The first-order valence-electron chi connectivity index (χ1n) is 3.78. The van der Waals surface area contributed by atoms with Crippen molar-refractivity contribution in [2.24, 2.45) is 0 Å². The van der Waals surface area contributed by atoms with Crippen molar-refractivity contribution < 1.29 is 4.79 Å². The molecule has 1 aromatic rings. The zero-order chi connectivity index (χ0) is 10.0. The fourth-order valence-corrected chi connectivity index (χ4v) is 2.00. The van der Waals surface area contributed by atoms with Crippen molar-refractivity contribution in [2.75, 3.05) is 0 Å². The Bertz CT molecular complexity index is 404. The minimum absolute atomic E-state index is 0.0512. The average Bonchev–Trinajstić information content (AvgIpc) is 2.07. The molecule has 0 N–H and O–H groups in total. The molecule has 0 aliphatic carbocycles. The number of carbonyl (C=O) groups excluding carboxylic acids is 1. The van der Waals surface area contributed by atoms with Gasteiger partial charge in [-0.05, 0) is 48.1 Å². The summed E-state index contributed by atoms with van der Waals surface area (Å²) in [4.78, 5) is 11.2. The van der Waals surface area contributed by atoms with Crippen molar-refractivity contribution >= 4 is 28.4 Å². The van der Waals surface area contributed by atoms with E-state index in [9.17, 15) is 4.79 Å². The number of carbonyl (C=O) groups is 1. The summed E-state index contributed by atoms with van der Waals surface area (Å²) in [5.41, 5.74) is 1.90. The van der Waals surface area contributed by atoms with Gasteiger partial charge in [0.1, 0.15) is 6.07 Å². The summed E-state index contributed by atoms with van der Waals surface area (Å²) in [5.74, 6) is -0.0512. The van der Waals surface area contributed by atoms with Crippen LogP contribution < -0.4 is 0 Å². The molecule has 0 fully saturated rings. The van der Waals surface area contributed by atoms with Crippen molar-refractivity contribution in [3.63, 3.8) is 0 Å². The summed E-state index contributed by atoms with van der Waals surface area (Å²) in [7, 11) is 0. The molecule has 0 amide bonds. The lowest BCUT2D eigenvalue weighted by Gasteiger charge is -2.05. The van der Waals surface area contributed by atoms with Gasteiger partial charge < -0.3 is 0 Å². The third-order valence-electron chi connectivity index (χ3n) is 1.83. The third-order valence-corrected chi connectivity index (χ3v) is 2.73. The molecule has 0 aliphatic rings. The number of halogens is 1. The molecular formula is C10H8INO. The number of nitriles is 1. The second kappa shape index (κ2) is 3.88. The third kappa shape index (κ3) is 1.89. The number of ketones is 1. The Balaban J connectivity index is 3.55. The molecule has 0 atom stereocenters. The van der Waals surface area contributed by atoms with Crippen molar-refractivity contribution in [1.82, 2.24) is 0 Å². The van der Waals surface area contributed by atoms with Gasteiger partial charge >= 0.3 is 0 Å². The number of benzene rings is 1. The average molecular weight is 285 g/mol. The fourth-order valence-electron chi connectivity index (χ4n) is 1.17. The Morgan fingerprint density at radius 1 is 1.54 bits per heavy atom. The zero-order valence-corrected chi connectivity index (χ0v) is 9.55. The van der Waals surface area contributed by atoms with Gasteiger partial charge in [-0.3, -0.25) is 4.79 Å². The van der Waals surface area contributed by atoms with E-state index in [1.54, 1.807) is 0 Å². The maximum absolute atomic E-state index is 11.2. The van der Waals surface area contributed by atoms with Gasteiger partial charge in [-0.2, -0.15) is 5.26 Å². The first-order valence-corrected chi connectivity index (χ1v) is 4.86. The van der Waals surface area contributed by atoms with E-state index >= 15 is 0 Å². The van der Waals surface area contributed by atoms with E-state index in [1.165, 1.54) is 6.92 Å². The summed E-state index contributed by atoms with van der Waals surface area (Å²) in [5, 5.41) is 8.87. The van der Waals surface area contributed by atoms with Crippen molar-refractivity contribution in [3.8, 4) is 6.07 Å². The van der Waals surface area contributed by atoms with Crippen LogP contribution in [0, 0.1) is 21.8 Å². The van der Waals surface area contributed by atoms with Gasteiger partial charge in [0.25, 0.3) is 0 Å². The van der Waals surface area contributed by atoms with Crippen LogP contribution in [-0.2, 0) is 0 Å². The fraction of sp³-hybridized carbons (Fsp3) is 0.200. The van der Waals surface area contributed by atoms with Crippen LogP contribution in [0.15, 0.2) is 12.1 Å². The zero-order valence-electron chi connectivity index (χ0n) is 7.39. The molecule has 0 saturated carbocycles. The molecule has 0 unspecified atom stereocenters. The van der Waals surface area contributed by atoms with Gasteiger partial charge in [-0.1, -0.05) is 6.07 Å². The Kier molecular flexibility index (Phi) is 3.04. The maximum Gasteiger partial charge on any atom is 0.162 e. The topological polar surface area (TPSA) is 40.9 Å². The smallest absolute Gasteiger partial charge is 0.162 e. The van der Waals surface area contributed by atoms with Gasteiger partial charge in [0, 0.05) is 9.13 Å². The van der Waals surface area contributed by atoms with Crippen LogP contribution in [-0.4, -0.2) is 5.78 Å². The quantitative estimate of drug-likeness (QED) is 0.588. The first kappa shape index (κ1) is 10.2. The molecule has 3 heteroatoms. The van der Waals surface area contributed by atoms with Crippen LogP contribution in [0.2, 0.25) is 0 Å². The van der Waals surface area contributed by atoms with E-state index in [0.29, 0.717) is 11.1 Å². The lowest BCUT2D eigenvalue weighted by Crippen LogP contribution is -2.02. The Hall–Kier alpha value is -0.890. The van der Waals surface area contributed by atoms with Crippen LogP contribution in [0.4, 0.5) is 0 Å². The van der Waals surface area contributed by atoms with Crippen LogP contribution in [0.5, 0.6) is 0 Å². The minimum atomic E-state index is -0.0512. The highest BCUT2D eigenvalue weighted by molar-refractivity contribution is 14.1. The summed E-state index contributed by atoms with van der Waals surface area (Å²) >= 11 is 2.07. The van der Waals surface area contributed by atoms with E-state index in [1.807, 2.05) is 19.1 Å². The molecular weight excluding hydrogens is 277 g/mol. The van der Waals surface area contributed by atoms with Crippen molar-refractivity contribution in [1.29, 1.82) is 5.26 Å². The van der Waals surface area contributed by atoms with Crippen LogP contribution in [0.25, 0.3) is 0 Å². The van der Waals surface area contributed by atoms with Gasteiger partial charge in [0.15, 0.2) is 5.78 Å². The molecule has 66 valence electrons. The summed E-state index contributed by atoms with van der Waals surface area (Å²) in [6.07, 6.45) is 0. The van der Waals surface area contributed by atoms with Gasteiger partial charge in [0.2, 0.25) is 0 Å². The number of Topliss-reactive ketones (excluding diaryl/α,β-unsaturated/α-hetero) is 1. The van der Waals surface area contributed by atoms with Gasteiger partial charge in [0.05, 0.1) is 5.56 Å². The van der Waals surface area contributed by atoms with E-state index in [2.05, 4.69) is 28.7 Å². The largest absolute Gasteiger partial charge is 0.294 e. The van der Waals surface area contributed by atoms with Crippen LogP contribution >= 0.6 is 22.6 Å². The van der Waals surface area contributed by atoms with Crippen LogP contribution in [0.3, 0.4) is 0 Å². The number of nitrogens with zero attached hydrogens (tertiary/aromatic N) is 1. The normalized spacial score (nSPS) is 9.38. The highest BCUT2D eigenvalue weighted by Gasteiger charge is 2.12. The predicted molar refractivity (Wildman–Crippen MR) is 58.6 cm³/mol. The van der Waals surface area contributed by atoms with E-state index < -0.39 is 0 Å². The van der Waals surface area contributed by atoms with E-state index in [0.717, 1.165) is 9.13 Å². The number of rotatable bonds is 1. The molecule has 13 heavy (non-hydrogen) atoms. The Labute approximate surface area is 90.7 Å². The predicted octanol–water partition coefficient (Wildman–Crippen LogP) is 2.67.